The second kappa shape index (κ2) is 24.4. The molecule has 85 heavy (non-hydrogen) atoms. The van der Waals surface area contributed by atoms with Gasteiger partial charge in [0.15, 0.2) is 25.2 Å². The van der Waals surface area contributed by atoms with Crippen LogP contribution < -0.4 is 0 Å². The lowest BCUT2D eigenvalue weighted by Gasteiger charge is -2.71. The van der Waals surface area contributed by atoms with Gasteiger partial charge in [-0.3, -0.25) is 4.79 Å². The molecule has 5 aliphatic heterocycles. The van der Waals surface area contributed by atoms with Gasteiger partial charge in [-0.15, -0.1) is 0 Å². The Bertz CT molecular complexity index is 2370. The fraction of sp³-hybridized carbons (Fsp3) is 0.949. The van der Waals surface area contributed by atoms with Gasteiger partial charge in [0.25, 0.3) is 0 Å². The number of carbonyl (C=O) groups is 1. The number of ether oxygens (including phenoxy) is 10. The first-order chi connectivity index (χ1) is 39.8. The fourth-order valence-corrected chi connectivity index (χ4v) is 17.5. The van der Waals surface area contributed by atoms with Crippen molar-refractivity contribution in [1.29, 1.82) is 0 Å². The molecule has 5 unspecified atom stereocenters. The molecule has 9 fully saturated rings. The molecule has 0 bridgehead atoms. The molecule has 26 heteroatoms. The van der Waals surface area contributed by atoms with Crippen molar-refractivity contribution >= 4 is 5.97 Å². The first kappa shape index (κ1) is 66.2. The molecule has 5 aliphatic carbocycles. The molecule has 26 nitrogen and oxygen atoms in total. The summed E-state index contributed by atoms with van der Waals surface area (Å²) in [7, 11) is 0. The van der Waals surface area contributed by atoms with Gasteiger partial charge in [0, 0.05) is 5.41 Å². The summed E-state index contributed by atoms with van der Waals surface area (Å²) in [4.78, 5) is 15.2. The maximum atomic E-state index is 15.2. The minimum Gasteiger partial charge on any atom is -0.432 e. The van der Waals surface area contributed by atoms with Crippen LogP contribution >= 0.6 is 0 Å². The quantitative estimate of drug-likeness (QED) is 0.0513. The molecule has 0 radical (unpaired) electrons. The minimum absolute atomic E-state index is 0.0670. The van der Waals surface area contributed by atoms with Crippen LogP contribution in [-0.2, 0) is 52.2 Å². The summed E-state index contributed by atoms with van der Waals surface area (Å²) in [6.07, 6.45) is -29.6. The fourth-order valence-electron chi connectivity index (χ4n) is 17.5. The van der Waals surface area contributed by atoms with Gasteiger partial charge < -0.3 is 124 Å². The largest absolute Gasteiger partial charge is 0.432 e. The number of allylic oxidation sites excluding steroid dienone is 2. The van der Waals surface area contributed by atoms with Gasteiger partial charge >= 0.3 is 5.97 Å². The van der Waals surface area contributed by atoms with Crippen LogP contribution in [0.5, 0.6) is 0 Å². The lowest BCUT2D eigenvalue weighted by molar-refractivity contribution is -0.365. The summed E-state index contributed by atoms with van der Waals surface area (Å²) in [5.74, 6) is -0.861. The van der Waals surface area contributed by atoms with E-state index in [1.165, 1.54) is 19.4 Å². The number of fused-ring (bicyclic) bond motifs is 7. The summed E-state index contributed by atoms with van der Waals surface area (Å²) in [5, 5.41) is 163. The van der Waals surface area contributed by atoms with E-state index >= 15 is 4.79 Å². The first-order valence-corrected chi connectivity index (χ1v) is 30.6. The highest BCUT2D eigenvalue weighted by Crippen LogP contribution is 2.76. The van der Waals surface area contributed by atoms with E-state index in [1.807, 2.05) is 6.92 Å². The predicted molar refractivity (Wildman–Crippen MR) is 288 cm³/mol. The van der Waals surface area contributed by atoms with Crippen molar-refractivity contribution < 1.29 is 129 Å². The molecule has 10 rings (SSSR count). The summed E-state index contributed by atoms with van der Waals surface area (Å²) >= 11 is 0. The highest BCUT2D eigenvalue weighted by Gasteiger charge is 2.71. The van der Waals surface area contributed by atoms with Crippen LogP contribution in [0.2, 0.25) is 0 Å². The van der Waals surface area contributed by atoms with Gasteiger partial charge in [-0.2, -0.15) is 0 Å². The van der Waals surface area contributed by atoms with Crippen LogP contribution in [0.4, 0.5) is 0 Å². The predicted octanol–water partition coefficient (Wildman–Crippen LogP) is -2.54. The van der Waals surface area contributed by atoms with Crippen molar-refractivity contribution in [2.24, 2.45) is 50.2 Å². The molecule has 33 atom stereocenters. The summed E-state index contributed by atoms with van der Waals surface area (Å²) in [6, 6.07) is 0. The van der Waals surface area contributed by atoms with Gasteiger partial charge in [0.05, 0.1) is 50.2 Å². The second-order valence-corrected chi connectivity index (χ2v) is 28.5. The van der Waals surface area contributed by atoms with Gasteiger partial charge in [-0.05, 0) is 117 Å². The van der Waals surface area contributed by atoms with Crippen LogP contribution in [0.25, 0.3) is 0 Å². The normalized spacial score (nSPS) is 55.3. The van der Waals surface area contributed by atoms with Gasteiger partial charge in [0.1, 0.15) is 104 Å². The Morgan fingerprint density at radius 2 is 1.14 bits per heavy atom. The minimum atomic E-state index is -1.90. The van der Waals surface area contributed by atoms with E-state index in [1.54, 1.807) is 0 Å². The van der Waals surface area contributed by atoms with E-state index in [2.05, 4.69) is 40.7 Å². The number of carbonyl (C=O) groups excluding carboxylic acids is 1. The number of hydrogen-bond acceptors (Lipinski definition) is 26. The Morgan fingerprint density at radius 1 is 0.565 bits per heavy atom. The SMILES string of the molecule is C[C@@H]1OC(O[C@H]2[C@H](O)[C@@H](O)[C@H](OC[C@H]3O[C@@H](OC(=O)[C@]45CCC(C)(C)C[C@@H]4C4=CCC6[C@@]7(C)CC[C@H](OC8OC[C@H](O)[C@H](O)[C@H]8OC8O[C@@H](C)[C@H](O)[C@@H](O)[C@H]8O)[C@@](C)(CO)C7CC[C@@]6(C)[C@]4(C)CC5)[C@H](O)[C@@H](O)[C@@H]3O)O[C@@H]2CO)[C@H](O)[C@H](O)[C@H]1O. The van der Waals surface area contributed by atoms with Crippen molar-refractivity contribution in [3.63, 3.8) is 0 Å². The maximum Gasteiger partial charge on any atom is 0.315 e. The van der Waals surface area contributed by atoms with Crippen molar-refractivity contribution in [2.75, 3.05) is 26.4 Å². The average molecular weight is 1220 g/mol. The Hall–Kier alpha value is -1.75. The molecular weight excluding hydrogens is 1120 g/mol. The second-order valence-electron chi connectivity index (χ2n) is 28.5. The number of rotatable bonds is 13. The zero-order valence-electron chi connectivity index (χ0n) is 49.8. The standard InChI is InChI=1S/C59H96O26/c1-24-34(63)38(67)42(71)49(78-24)83-46-29(20-60)80-48(45(74)41(46)70)77-22-30-37(66)40(69)44(73)51(81-30)85-53(75)59-17-15-54(3,4)19-27(59)26-9-10-32-55(5)13-12-33(56(6,23-61)31(55)11-14-58(32,8)57(26,7)16-18-59)82-52-47(36(65)28(62)21-76-52)84-50-43(72)39(68)35(64)25(2)79-50/h9,24-25,27-52,60-74H,10-23H2,1-8H3/t24-,25-,27+,28-,29+,30+,31?,32?,33-,34-,35-,36-,37+,38+,39+,40-,41+,42+,43+,44+,45+,46+,47+,48+,49?,50?,51-,52?,55-,56-,57+,58+,59-/m0/s1. The molecule has 5 saturated heterocycles. The molecule has 10 aliphatic rings. The van der Waals surface area contributed by atoms with E-state index in [4.69, 9.17) is 47.4 Å². The van der Waals surface area contributed by atoms with Crippen LogP contribution in [0.3, 0.4) is 0 Å². The van der Waals surface area contributed by atoms with E-state index in [0.29, 0.717) is 51.4 Å². The number of aliphatic hydroxyl groups excluding tert-OH is 15. The summed E-state index contributed by atoms with van der Waals surface area (Å²) in [6.45, 7) is 14.3. The number of hydrogen-bond donors (Lipinski definition) is 15. The Kier molecular flexibility index (Phi) is 19.0. The molecule has 0 aromatic carbocycles. The van der Waals surface area contributed by atoms with Crippen LogP contribution in [0.15, 0.2) is 11.6 Å². The molecule has 4 saturated carbocycles. The van der Waals surface area contributed by atoms with Crippen LogP contribution in [-0.4, -0.2) is 263 Å². The van der Waals surface area contributed by atoms with Crippen molar-refractivity contribution in [3.8, 4) is 0 Å². The Balaban J connectivity index is 0.833. The zero-order chi connectivity index (χ0) is 62.0. The summed E-state index contributed by atoms with van der Waals surface area (Å²) in [5.41, 5.74) is -1.93. The zero-order valence-corrected chi connectivity index (χ0v) is 49.8. The Morgan fingerprint density at radius 3 is 1.76 bits per heavy atom. The third kappa shape index (κ3) is 11.1. The molecule has 5 heterocycles. The van der Waals surface area contributed by atoms with Crippen LogP contribution in [0, 0.1) is 50.2 Å². The van der Waals surface area contributed by atoms with Crippen molar-refractivity contribution in [2.45, 2.75) is 273 Å². The third-order valence-electron chi connectivity index (χ3n) is 23.2. The van der Waals surface area contributed by atoms with E-state index in [9.17, 15) is 76.6 Å². The highest BCUT2D eigenvalue weighted by molar-refractivity contribution is 5.79. The van der Waals surface area contributed by atoms with E-state index in [0.717, 1.165) is 12.8 Å². The molecule has 0 aromatic rings. The molecule has 488 valence electrons. The molecular formula is C59H96O26. The summed E-state index contributed by atoms with van der Waals surface area (Å²) < 4.78 is 59.4. The molecule has 15 N–H and O–H groups in total. The third-order valence-corrected chi connectivity index (χ3v) is 23.2. The Labute approximate surface area is 494 Å². The lowest BCUT2D eigenvalue weighted by atomic mass is 9.33. The van der Waals surface area contributed by atoms with E-state index in [-0.39, 0.29) is 47.2 Å². The van der Waals surface area contributed by atoms with Gasteiger partial charge in [0.2, 0.25) is 6.29 Å². The molecule has 0 amide bonds. The number of esters is 1. The topological polar surface area (TPSA) is 413 Å². The number of aliphatic hydroxyl groups is 15. The average Bonchev–Trinajstić information content (AvgIpc) is 0.688. The lowest BCUT2D eigenvalue weighted by Crippen LogP contribution is -2.67. The maximum absolute atomic E-state index is 15.2. The van der Waals surface area contributed by atoms with Gasteiger partial charge in [-0.1, -0.05) is 53.2 Å². The van der Waals surface area contributed by atoms with Crippen molar-refractivity contribution in [1.82, 2.24) is 0 Å². The van der Waals surface area contributed by atoms with Crippen molar-refractivity contribution in [3.05, 3.63) is 11.6 Å². The highest BCUT2D eigenvalue weighted by atomic mass is 16.8. The smallest absolute Gasteiger partial charge is 0.315 e. The van der Waals surface area contributed by atoms with Crippen LogP contribution in [0.1, 0.15) is 120 Å². The first-order valence-electron chi connectivity index (χ1n) is 30.6. The molecule has 0 aromatic heterocycles. The monoisotopic (exact) mass is 1220 g/mol. The van der Waals surface area contributed by atoms with Gasteiger partial charge in [-0.25, -0.2) is 0 Å². The van der Waals surface area contributed by atoms with E-state index < -0.39 is 189 Å². The molecule has 0 spiro atoms.